The third-order valence-corrected chi connectivity index (χ3v) is 2.42. The minimum absolute atomic E-state index is 0.259. The molecule has 1 saturated heterocycles. The van der Waals surface area contributed by atoms with Crippen molar-refractivity contribution in [2.45, 2.75) is 12.8 Å². The van der Waals surface area contributed by atoms with Crippen LogP contribution in [0, 0.1) is 0 Å². The summed E-state index contributed by atoms with van der Waals surface area (Å²) in [5.41, 5.74) is 7.55. The molecule has 2 rings (SSSR count). The van der Waals surface area contributed by atoms with Gasteiger partial charge in [-0.25, -0.2) is 0 Å². The highest BCUT2D eigenvalue weighted by molar-refractivity contribution is 5.38. The molecule has 1 fully saturated rings. The van der Waals surface area contributed by atoms with Crippen LogP contribution in [-0.4, -0.2) is 20.3 Å². The number of rotatable bonds is 3. The average Bonchev–Trinajstić information content (AvgIpc) is 2.81. The Labute approximate surface area is 88.9 Å². The Morgan fingerprint density at radius 2 is 2.13 bits per heavy atom. The quantitative estimate of drug-likeness (QED) is 0.812. The molecule has 0 radical (unpaired) electrons. The fraction of sp³-hybridized carbons (Fsp3) is 0.455. The maximum atomic E-state index is 5.59. The minimum atomic E-state index is -0.259. The predicted molar refractivity (Wildman–Crippen MR) is 55.5 cm³/mol. The first kappa shape index (κ1) is 10.4. The van der Waals surface area contributed by atoms with Crippen LogP contribution in [0.25, 0.3) is 0 Å². The molecule has 1 aliphatic rings. The topological polar surface area (TPSA) is 53.7 Å². The zero-order valence-corrected chi connectivity index (χ0v) is 8.73. The van der Waals surface area contributed by atoms with E-state index >= 15 is 0 Å². The molecule has 0 aliphatic carbocycles. The first-order valence-corrected chi connectivity index (χ1v) is 4.95. The first-order valence-electron chi connectivity index (χ1n) is 4.95. The van der Waals surface area contributed by atoms with E-state index in [9.17, 15) is 0 Å². The maximum Gasteiger partial charge on any atom is 0.184 e. The molecule has 15 heavy (non-hydrogen) atoms. The van der Waals surface area contributed by atoms with E-state index in [1.165, 1.54) is 0 Å². The largest absolute Gasteiger partial charge is 0.496 e. The summed E-state index contributed by atoms with van der Waals surface area (Å²) in [6.07, 6.45) is -0.259. The van der Waals surface area contributed by atoms with Crippen molar-refractivity contribution in [2.75, 3.05) is 20.3 Å². The molecule has 0 spiro atoms. The highest BCUT2D eigenvalue weighted by atomic mass is 16.7. The van der Waals surface area contributed by atoms with Crippen molar-refractivity contribution >= 4 is 0 Å². The fourth-order valence-corrected chi connectivity index (χ4v) is 1.63. The average molecular weight is 209 g/mol. The van der Waals surface area contributed by atoms with Crippen molar-refractivity contribution in [3.63, 3.8) is 0 Å². The van der Waals surface area contributed by atoms with E-state index in [0.717, 1.165) is 16.9 Å². The van der Waals surface area contributed by atoms with Crippen molar-refractivity contribution in [3.8, 4) is 5.75 Å². The fourth-order valence-electron chi connectivity index (χ4n) is 1.63. The van der Waals surface area contributed by atoms with Gasteiger partial charge in [0.05, 0.1) is 20.3 Å². The second kappa shape index (κ2) is 4.61. The lowest BCUT2D eigenvalue weighted by Gasteiger charge is -2.12. The van der Waals surface area contributed by atoms with Crippen molar-refractivity contribution in [1.82, 2.24) is 0 Å². The number of benzene rings is 1. The first-order chi connectivity index (χ1) is 7.35. The molecule has 2 N–H and O–H groups in total. The van der Waals surface area contributed by atoms with E-state index < -0.39 is 0 Å². The van der Waals surface area contributed by atoms with E-state index in [2.05, 4.69) is 0 Å². The zero-order valence-electron chi connectivity index (χ0n) is 8.73. The second-order valence-corrected chi connectivity index (χ2v) is 3.35. The monoisotopic (exact) mass is 209 g/mol. The molecule has 4 nitrogen and oxygen atoms in total. The smallest absolute Gasteiger partial charge is 0.184 e. The summed E-state index contributed by atoms with van der Waals surface area (Å²) in [4.78, 5) is 0. The lowest BCUT2D eigenvalue weighted by Crippen LogP contribution is -2.03. The molecule has 0 saturated carbocycles. The molecule has 4 heteroatoms. The molecular formula is C11H15NO3. The van der Waals surface area contributed by atoms with E-state index in [4.69, 9.17) is 19.9 Å². The van der Waals surface area contributed by atoms with Gasteiger partial charge in [-0.2, -0.15) is 0 Å². The van der Waals surface area contributed by atoms with Crippen LogP contribution in [0.1, 0.15) is 17.4 Å². The predicted octanol–water partition coefficient (Wildman–Crippen LogP) is 1.20. The van der Waals surface area contributed by atoms with E-state index in [1.54, 1.807) is 7.11 Å². The second-order valence-electron chi connectivity index (χ2n) is 3.35. The van der Waals surface area contributed by atoms with Crippen LogP contribution < -0.4 is 10.5 Å². The number of methoxy groups -OCH3 is 1. The molecule has 82 valence electrons. The van der Waals surface area contributed by atoms with Gasteiger partial charge in [0.2, 0.25) is 0 Å². The van der Waals surface area contributed by atoms with Crippen molar-refractivity contribution in [1.29, 1.82) is 0 Å². The molecule has 1 aromatic rings. The van der Waals surface area contributed by atoms with Crippen LogP contribution in [0.4, 0.5) is 0 Å². The zero-order chi connectivity index (χ0) is 10.7. The summed E-state index contributed by atoms with van der Waals surface area (Å²) in [5, 5.41) is 0. The third-order valence-electron chi connectivity index (χ3n) is 2.42. The highest BCUT2D eigenvalue weighted by Crippen LogP contribution is 2.28. The van der Waals surface area contributed by atoms with Gasteiger partial charge in [-0.3, -0.25) is 0 Å². The Hall–Kier alpha value is -1.10. The van der Waals surface area contributed by atoms with Gasteiger partial charge in [0.15, 0.2) is 6.29 Å². The van der Waals surface area contributed by atoms with Crippen LogP contribution in [0.5, 0.6) is 5.75 Å². The van der Waals surface area contributed by atoms with Crippen LogP contribution in [-0.2, 0) is 16.0 Å². The standard InChI is InChI=1S/C11H15NO3/c1-13-10-6-8(2-3-9(10)7-12)11-14-4-5-15-11/h2-3,6,11H,4-5,7,12H2,1H3. The summed E-state index contributed by atoms with van der Waals surface area (Å²) in [5.74, 6) is 0.786. The molecule has 0 amide bonds. The number of hydrogen-bond donors (Lipinski definition) is 1. The van der Waals surface area contributed by atoms with Gasteiger partial charge < -0.3 is 19.9 Å². The molecule has 0 aromatic heterocycles. The van der Waals surface area contributed by atoms with Crippen molar-refractivity contribution in [2.24, 2.45) is 5.73 Å². The minimum Gasteiger partial charge on any atom is -0.496 e. The molecular weight excluding hydrogens is 194 g/mol. The molecule has 0 bridgehead atoms. The van der Waals surface area contributed by atoms with Gasteiger partial charge in [0, 0.05) is 17.7 Å². The van der Waals surface area contributed by atoms with Crippen molar-refractivity contribution in [3.05, 3.63) is 29.3 Å². The maximum absolute atomic E-state index is 5.59. The Morgan fingerprint density at radius 3 is 2.73 bits per heavy atom. The molecule has 1 aromatic carbocycles. The lowest BCUT2D eigenvalue weighted by atomic mass is 10.1. The lowest BCUT2D eigenvalue weighted by molar-refractivity contribution is -0.0442. The van der Waals surface area contributed by atoms with Crippen LogP contribution in [0.15, 0.2) is 18.2 Å². The Balaban J connectivity index is 2.25. The normalized spacial score (nSPS) is 16.9. The van der Waals surface area contributed by atoms with Crippen LogP contribution in [0.3, 0.4) is 0 Å². The summed E-state index contributed by atoms with van der Waals surface area (Å²) in [6.45, 7) is 1.76. The van der Waals surface area contributed by atoms with E-state index in [0.29, 0.717) is 19.8 Å². The molecule has 0 unspecified atom stereocenters. The Bertz CT molecular complexity index is 335. The molecule has 1 heterocycles. The summed E-state index contributed by atoms with van der Waals surface area (Å²) in [6, 6.07) is 5.82. The SMILES string of the molecule is COc1cc(C2OCCO2)ccc1CN. The van der Waals surface area contributed by atoms with Gasteiger partial charge in [0.1, 0.15) is 5.75 Å². The molecule has 0 atom stereocenters. The van der Waals surface area contributed by atoms with E-state index in [-0.39, 0.29) is 6.29 Å². The van der Waals surface area contributed by atoms with Gasteiger partial charge in [-0.15, -0.1) is 0 Å². The summed E-state index contributed by atoms with van der Waals surface area (Å²) >= 11 is 0. The van der Waals surface area contributed by atoms with Crippen molar-refractivity contribution < 1.29 is 14.2 Å². The number of ether oxygens (including phenoxy) is 3. The Kier molecular flexibility index (Phi) is 3.20. The van der Waals surface area contributed by atoms with Crippen LogP contribution >= 0.6 is 0 Å². The summed E-state index contributed by atoms with van der Waals surface area (Å²) < 4.78 is 16.1. The molecule has 1 aliphatic heterocycles. The van der Waals surface area contributed by atoms with Gasteiger partial charge in [-0.05, 0) is 6.07 Å². The third kappa shape index (κ3) is 2.12. The van der Waals surface area contributed by atoms with Gasteiger partial charge >= 0.3 is 0 Å². The number of nitrogens with two attached hydrogens (primary N) is 1. The summed E-state index contributed by atoms with van der Waals surface area (Å²) in [7, 11) is 1.63. The number of hydrogen-bond acceptors (Lipinski definition) is 4. The Morgan fingerprint density at radius 1 is 1.40 bits per heavy atom. The van der Waals surface area contributed by atoms with E-state index in [1.807, 2.05) is 18.2 Å². The van der Waals surface area contributed by atoms with Gasteiger partial charge in [0.25, 0.3) is 0 Å². The highest BCUT2D eigenvalue weighted by Gasteiger charge is 2.19. The van der Waals surface area contributed by atoms with Crippen LogP contribution in [0.2, 0.25) is 0 Å². The van der Waals surface area contributed by atoms with Gasteiger partial charge in [-0.1, -0.05) is 12.1 Å².